The Morgan fingerprint density at radius 1 is 0.913 bits per heavy atom. The molecule has 10 heteroatoms. The molecule has 9 nitrogen and oxygen atoms in total. The number of aryl methyl sites for hydroxylation is 1. The number of benzene rings is 3. The van der Waals surface area contributed by atoms with Crippen molar-refractivity contribution < 1.29 is 23.7 Å². The zero-order valence-electron chi connectivity index (χ0n) is 25.9. The number of cyclic esters (lactones) is 1. The number of anilines is 1. The van der Waals surface area contributed by atoms with Gasteiger partial charge in [-0.3, -0.25) is 0 Å². The SMILES string of the molecule is Cc1nc2cc3nn2c(c1[C@@H]1OC(C)(C)OC1=O)-c1ccc2c(c1Cl)N(CCCCOc1cccc(c1)-c1cccc-3c1)CCO2. The first-order chi connectivity index (χ1) is 22.3. The Balaban J connectivity index is 1.39. The van der Waals surface area contributed by atoms with Gasteiger partial charge in [0.05, 0.1) is 35.2 Å². The summed E-state index contributed by atoms with van der Waals surface area (Å²) in [7, 11) is 0. The Labute approximate surface area is 271 Å². The van der Waals surface area contributed by atoms with Gasteiger partial charge >= 0.3 is 5.97 Å². The molecule has 3 aromatic carbocycles. The summed E-state index contributed by atoms with van der Waals surface area (Å²) in [4.78, 5) is 20.5. The van der Waals surface area contributed by atoms with Crippen molar-refractivity contribution >= 4 is 28.9 Å². The molecule has 1 fully saturated rings. The lowest BCUT2D eigenvalue weighted by Crippen LogP contribution is -2.34. The minimum Gasteiger partial charge on any atom is -0.494 e. The number of fused-ring (bicyclic) bond motifs is 9. The molecule has 46 heavy (non-hydrogen) atoms. The van der Waals surface area contributed by atoms with Crippen LogP contribution in [0.2, 0.25) is 5.02 Å². The minimum atomic E-state index is -1.09. The maximum atomic E-state index is 13.3. The summed E-state index contributed by atoms with van der Waals surface area (Å²) in [6.07, 6.45) is 0.779. The van der Waals surface area contributed by atoms with Crippen LogP contribution in [0.25, 0.3) is 39.3 Å². The van der Waals surface area contributed by atoms with E-state index in [2.05, 4.69) is 29.2 Å². The average molecular weight is 637 g/mol. The average Bonchev–Trinajstić information content (AvgIpc) is 3.59. The molecule has 5 aromatic rings. The van der Waals surface area contributed by atoms with Crippen LogP contribution in [0.4, 0.5) is 5.69 Å². The van der Waals surface area contributed by atoms with Crippen LogP contribution in [0, 0.1) is 6.92 Å². The van der Waals surface area contributed by atoms with Crippen LogP contribution in [0.3, 0.4) is 0 Å². The first-order valence-electron chi connectivity index (χ1n) is 15.6. The zero-order chi connectivity index (χ0) is 31.6. The second kappa shape index (κ2) is 11.0. The standard InChI is InChI=1S/C36H33ClN4O5/c1-21-30(34-35(42)46-36(2,3)45-34)32-26-12-13-28-33(31(26)37)40(15-17-44-28)14-4-5-16-43-25-11-7-9-23(19-25)22-8-6-10-24(18-22)27-20-29(38-21)41(32)39-27/h6-13,18-20,34H,4-5,14-17H2,1-3H3/t34-/m0/s1. The molecule has 0 aliphatic carbocycles. The fourth-order valence-corrected chi connectivity index (χ4v) is 7.00. The Kier molecular flexibility index (Phi) is 6.92. The molecule has 8 bridgehead atoms. The van der Waals surface area contributed by atoms with Crippen LogP contribution in [-0.4, -0.2) is 52.7 Å². The van der Waals surface area contributed by atoms with E-state index in [0.29, 0.717) is 52.9 Å². The molecule has 3 aliphatic heterocycles. The van der Waals surface area contributed by atoms with E-state index in [9.17, 15) is 4.79 Å². The molecule has 234 valence electrons. The Bertz CT molecular complexity index is 2020. The molecule has 3 aliphatic rings. The molecule has 1 atom stereocenters. The quantitative estimate of drug-likeness (QED) is 0.176. The van der Waals surface area contributed by atoms with Gasteiger partial charge in [0.1, 0.15) is 18.1 Å². The van der Waals surface area contributed by atoms with Gasteiger partial charge in [-0.2, -0.15) is 5.10 Å². The number of carbonyl (C=O) groups excluding carboxylic acids is 1. The van der Waals surface area contributed by atoms with Crippen LogP contribution in [0.15, 0.2) is 66.7 Å². The summed E-state index contributed by atoms with van der Waals surface area (Å²) in [5.74, 6) is -0.0149. The van der Waals surface area contributed by atoms with Crippen molar-refractivity contribution in [3.8, 4) is 45.1 Å². The van der Waals surface area contributed by atoms with E-state index in [1.54, 1.807) is 18.4 Å². The number of nitrogens with zero attached hydrogens (tertiary/aromatic N) is 4. The number of hydrogen-bond donors (Lipinski definition) is 0. The second-order valence-electron chi connectivity index (χ2n) is 12.4. The van der Waals surface area contributed by atoms with Crippen molar-refractivity contribution in [1.29, 1.82) is 0 Å². The van der Waals surface area contributed by atoms with Gasteiger partial charge in [-0.05, 0) is 61.2 Å². The molecule has 8 rings (SSSR count). The van der Waals surface area contributed by atoms with E-state index in [1.807, 2.05) is 49.4 Å². The third kappa shape index (κ3) is 4.94. The van der Waals surface area contributed by atoms with E-state index in [1.165, 1.54) is 0 Å². The summed E-state index contributed by atoms with van der Waals surface area (Å²) in [6, 6.07) is 22.3. The Morgan fingerprint density at radius 3 is 2.54 bits per heavy atom. The zero-order valence-corrected chi connectivity index (χ0v) is 26.6. The summed E-state index contributed by atoms with van der Waals surface area (Å²) >= 11 is 7.37. The van der Waals surface area contributed by atoms with Gasteiger partial charge < -0.3 is 23.8 Å². The number of hydrogen-bond acceptors (Lipinski definition) is 8. The molecular formula is C36H33ClN4O5. The number of carbonyl (C=O) groups is 1. The van der Waals surface area contributed by atoms with E-state index in [-0.39, 0.29) is 0 Å². The van der Waals surface area contributed by atoms with Gasteiger partial charge in [0.25, 0.3) is 0 Å². The van der Waals surface area contributed by atoms with Crippen molar-refractivity contribution in [2.75, 3.05) is 31.2 Å². The third-order valence-corrected chi connectivity index (χ3v) is 9.12. The van der Waals surface area contributed by atoms with Gasteiger partial charge in [0, 0.05) is 48.8 Å². The van der Waals surface area contributed by atoms with Crippen LogP contribution in [0.5, 0.6) is 11.5 Å². The lowest BCUT2D eigenvalue weighted by molar-refractivity contribution is -0.160. The third-order valence-electron chi connectivity index (χ3n) is 8.74. The van der Waals surface area contributed by atoms with Crippen molar-refractivity contribution in [3.05, 3.63) is 83.0 Å². The highest BCUT2D eigenvalue weighted by Gasteiger charge is 2.45. The number of rotatable bonds is 1. The lowest BCUT2D eigenvalue weighted by atomic mass is 9.98. The first kappa shape index (κ1) is 28.8. The second-order valence-corrected chi connectivity index (χ2v) is 12.7. The smallest absolute Gasteiger partial charge is 0.342 e. The Hall–Kier alpha value is -4.60. The summed E-state index contributed by atoms with van der Waals surface area (Å²) in [6.45, 7) is 7.98. The number of ether oxygens (including phenoxy) is 4. The molecular weight excluding hydrogens is 604 g/mol. The summed E-state index contributed by atoms with van der Waals surface area (Å²) in [5, 5.41) is 5.61. The molecule has 0 unspecified atom stereocenters. The fourth-order valence-electron chi connectivity index (χ4n) is 6.64. The molecule has 0 spiro atoms. The highest BCUT2D eigenvalue weighted by molar-refractivity contribution is 6.36. The van der Waals surface area contributed by atoms with Gasteiger partial charge in [0.15, 0.2) is 11.8 Å². The monoisotopic (exact) mass is 636 g/mol. The van der Waals surface area contributed by atoms with Crippen LogP contribution < -0.4 is 14.4 Å². The number of halogens is 1. The molecule has 5 heterocycles. The van der Waals surface area contributed by atoms with Gasteiger partial charge in [-0.1, -0.05) is 41.9 Å². The minimum absolute atomic E-state index is 0.482. The van der Waals surface area contributed by atoms with Crippen LogP contribution in [-0.2, 0) is 14.3 Å². The summed E-state index contributed by atoms with van der Waals surface area (Å²) < 4.78 is 25.8. The molecule has 0 saturated carbocycles. The maximum Gasteiger partial charge on any atom is 0.342 e. The van der Waals surface area contributed by atoms with Gasteiger partial charge in [-0.15, -0.1) is 0 Å². The predicted molar refractivity (Wildman–Crippen MR) is 175 cm³/mol. The number of esters is 1. The normalized spacial score (nSPS) is 18.7. The molecule has 2 aromatic heterocycles. The van der Waals surface area contributed by atoms with E-state index < -0.39 is 17.9 Å². The van der Waals surface area contributed by atoms with Gasteiger partial charge in [0.2, 0.25) is 5.79 Å². The van der Waals surface area contributed by atoms with Crippen molar-refractivity contribution in [1.82, 2.24) is 14.6 Å². The topological polar surface area (TPSA) is 87.4 Å². The fraction of sp³-hybridized carbons (Fsp3) is 0.306. The maximum absolute atomic E-state index is 13.3. The molecule has 0 N–H and O–H groups in total. The van der Waals surface area contributed by atoms with Gasteiger partial charge in [-0.25, -0.2) is 14.3 Å². The molecule has 1 saturated heterocycles. The molecule has 0 amide bonds. The van der Waals surface area contributed by atoms with E-state index in [4.69, 9.17) is 40.6 Å². The van der Waals surface area contributed by atoms with Crippen molar-refractivity contribution in [3.63, 3.8) is 0 Å². The summed E-state index contributed by atoms with van der Waals surface area (Å²) in [5.41, 5.74) is 7.71. The molecule has 0 radical (unpaired) electrons. The van der Waals surface area contributed by atoms with E-state index in [0.717, 1.165) is 59.0 Å². The van der Waals surface area contributed by atoms with E-state index >= 15 is 0 Å². The highest BCUT2D eigenvalue weighted by atomic mass is 35.5. The van der Waals surface area contributed by atoms with Crippen molar-refractivity contribution in [2.45, 2.75) is 45.5 Å². The Morgan fingerprint density at radius 2 is 1.72 bits per heavy atom. The predicted octanol–water partition coefficient (Wildman–Crippen LogP) is 7.41. The van der Waals surface area contributed by atoms with Crippen LogP contribution >= 0.6 is 11.6 Å². The first-order valence-corrected chi connectivity index (χ1v) is 16.0. The largest absolute Gasteiger partial charge is 0.494 e. The lowest BCUT2D eigenvalue weighted by Gasteiger charge is -2.33. The number of aromatic nitrogens is 3. The van der Waals surface area contributed by atoms with Crippen LogP contribution in [0.1, 0.15) is 44.1 Å². The highest BCUT2D eigenvalue weighted by Crippen LogP contribution is 2.48. The van der Waals surface area contributed by atoms with Crippen molar-refractivity contribution in [2.24, 2.45) is 0 Å².